The first-order valence-electron chi connectivity index (χ1n) is 9.21. The molecule has 0 aliphatic carbocycles. The average Bonchev–Trinajstić information content (AvgIpc) is 3.16. The fourth-order valence-corrected chi connectivity index (χ4v) is 4.21. The number of hydrogen-bond donors (Lipinski definition) is 1. The van der Waals surface area contributed by atoms with Gasteiger partial charge in [-0.15, -0.1) is 0 Å². The van der Waals surface area contributed by atoms with E-state index in [1.54, 1.807) is 0 Å². The van der Waals surface area contributed by atoms with Gasteiger partial charge in [-0.3, -0.25) is 4.79 Å². The molecule has 12 heteroatoms. The maximum Gasteiger partial charge on any atom is 0.310 e. The summed E-state index contributed by atoms with van der Waals surface area (Å²) in [5.74, 6) is -1.38. The van der Waals surface area contributed by atoms with Crippen LogP contribution < -0.4 is 5.73 Å². The number of rotatable bonds is 4. The molecule has 0 fully saturated rings. The van der Waals surface area contributed by atoms with E-state index >= 15 is 0 Å². The van der Waals surface area contributed by atoms with Crippen LogP contribution in [0.15, 0.2) is 41.3 Å². The molecule has 0 radical (unpaired) electrons. The van der Waals surface area contributed by atoms with E-state index in [2.05, 4.69) is 4.98 Å². The maximum atomic E-state index is 14.7. The standard InChI is InChI=1S/C20H17F6N3O2S/c1-29(8-11-2-4-12(5-3-11)32(22,23,24,25)26)20(30)14-6-13-15-9-31-10-16(15)19(27)28-18(13)7-17(14)21/h2-7H,8-10H2,1H3,(H2,27,28). The molecule has 4 rings (SSSR count). The van der Waals surface area contributed by atoms with Crippen molar-refractivity contribution in [3.63, 3.8) is 0 Å². The Morgan fingerprint density at radius 3 is 2.34 bits per heavy atom. The van der Waals surface area contributed by atoms with Crippen LogP contribution in [-0.4, -0.2) is 22.8 Å². The van der Waals surface area contributed by atoms with E-state index < -0.39 is 26.8 Å². The Balaban J connectivity index is 1.62. The lowest BCUT2D eigenvalue weighted by Gasteiger charge is -2.40. The fraction of sp³-hybridized carbons (Fsp3) is 0.200. The highest BCUT2D eigenvalue weighted by molar-refractivity contribution is 8.45. The first-order valence-corrected chi connectivity index (χ1v) is 11.2. The molecule has 2 heterocycles. The lowest BCUT2D eigenvalue weighted by molar-refractivity contribution is 0.0780. The third kappa shape index (κ3) is 4.07. The number of nitrogens with zero attached hydrogens (tertiary/aromatic N) is 2. The number of pyridine rings is 1. The molecule has 1 aliphatic rings. The number of fused-ring (bicyclic) bond motifs is 3. The second-order valence-electron chi connectivity index (χ2n) is 7.57. The summed E-state index contributed by atoms with van der Waals surface area (Å²) in [6, 6.07) is 4.65. The fourth-order valence-electron chi connectivity index (χ4n) is 3.56. The Bertz CT molecular complexity index is 1260. The Labute approximate surface area is 178 Å². The largest absolute Gasteiger partial charge is 0.383 e. The van der Waals surface area contributed by atoms with Crippen LogP contribution in [0.1, 0.15) is 27.0 Å². The summed E-state index contributed by atoms with van der Waals surface area (Å²) in [5.41, 5.74) is 7.39. The molecule has 0 spiro atoms. The first-order chi connectivity index (χ1) is 14.6. The summed E-state index contributed by atoms with van der Waals surface area (Å²) in [6.45, 7) is 0.254. The second kappa shape index (κ2) is 6.51. The Morgan fingerprint density at radius 2 is 1.72 bits per heavy atom. The Kier molecular flexibility index (Phi) is 4.52. The molecule has 5 nitrogen and oxygen atoms in total. The molecule has 0 saturated heterocycles. The van der Waals surface area contributed by atoms with Crippen LogP contribution >= 0.6 is 10.2 Å². The predicted octanol–water partition coefficient (Wildman–Crippen LogP) is 5.92. The van der Waals surface area contributed by atoms with Crippen LogP contribution in [0.5, 0.6) is 0 Å². The van der Waals surface area contributed by atoms with Gasteiger partial charge in [-0.05, 0) is 29.3 Å². The van der Waals surface area contributed by atoms with Crippen LogP contribution in [0.2, 0.25) is 0 Å². The van der Waals surface area contributed by atoms with E-state index in [1.807, 2.05) is 0 Å². The van der Waals surface area contributed by atoms with Crippen molar-refractivity contribution in [3.8, 4) is 0 Å². The predicted molar refractivity (Wildman–Crippen MR) is 108 cm³/mol. The van der Waals surface area contributed by atoms with Crippen LogP contribution in [0.3, 0.4) is 0 Å². The summed E-state index contributed by atoms with van der Waals surface area (Å²) >= 11 is 0. The number of amides is 1. The van der Waals surface area contributed by atoms with Crippen molar-refractivity contribution in [1.82, 2.24) is 9.88 Å². The highest BCUT2D eigenvalue weighted by Gasteiger charge is 2.65. The molecule has 0 bridgehead atoms. The van der Waals surface area contributed by atoms with Gasteiger partial charge in [-0.25, -0.2) is 9.37 Å². The van der Waals surface area contributed by atoms with E-state index in [0.717, 1.165) is 23.1 Å². The van der Waals surface area contributed by atoms with Crippen LogP contribution in [0.25, 0.3) is 10.9 Å². The average molecular weight is 477 g/mol. The molecule has 32 heavy (non-hydrogen) atoms. The summed E-state index contributed by atoms with van der Waals surface area (Å²) in [5, 5.41) is 0.505. The molecule has 3 aromatic rings. The summed E-state index contributed by atoms with van der Waals surface area (Å²) in [7, 11) is -8.46. The summed E-state index contributed by atoms with van der Waals surface area (Å²) < 4.78 is 84.3. The topological polar surface area (TPSA) is 68.5 Å². The summed E-state index contributed by atoms with van der Waals surface area (Å²) in [4.78, 5) is 16.0. The van der Waals surface area contributed by atoms with E-state index in [0.29, 0.717) is 16.5 Å². The van der Waals surface area contributed by atoms with Gasteiger partial charge in [-0.1, -0.05) is 31.6 Å². The quantitative estimate of drug-likeness (QED) is 0.474. The van der Waals surface area contributed by atoms with Gasteiger partial charge in [0.1, 0.15) is 16.5 Å². The zero-order valence-electron chi connectivity index (χ0n) is 16.5. The first kappa shape index (κ1) is 22.2. The number of carbonyl (C=O) groups is 1. The van der Waals surface area contributed by atoms with Crippen molar-refractivity contribution in [2.24, 2.45) is 0 Å². The van der Waals surface area contributed by atoms with Crippen LogP contribution in [0, 0.1) is 5.82 Å². The molecule has 172 valence electrons. The third-order valence-corrected chi connectivity index (χ3v) is 6.35. The SMILES string of the molecule is CN(Cc1ccc(S(F)(F)(F)(F)F)cc1)C(=O)c1cc2c3c(c(N)nc2cc1F)COC3. The molecule has 0 atom stereocenters. The number of aromatic nitrogens is 1. The van der Waals surface area contributed by atoms with Crippen LogP contribution in [-0.2, 0) is 24.5 Å². The number of benzene rings is 2. The molecule has 1 aromatic heterocycles. The lowest BCUT2D eigenvalue weighted by atomic mass is 10.0. The monoisotopic (exact) mass is 477 g/mol. The van der Waals surface area contributed by atoms with Crippen molar-refractivity contribution in [1.29, 1.82) is 0 Å². The normalized spacial score (nSPS) is 15.8. The van der Waals surface area contributed by atoms with Crippen molar-refractivity contribution < 1.29 is 33.4 Å². The van der Waals surface area contributed by atoms with Gasteiger partial charge in [0.2, 0.25) is 0 Å². The number of ether oxygens (including phenoxy) is 1. The number of nitrogens with two attached hydrogens (primary N) is 1. The van der Waals surface area contributed by atoms with Gasteiger partial charge in [0.15, 0.2) is 0 Å². The number of anilines is 1. The van der Waals surface area contributed by atoms with Gasteiger partial charge in [0, 0.05) is 30.6 Å². The van der Waals surface area contributed by atoms with Crippen molar-refractivity contribution in [2.45, 2.75) is 24.7 Å². The molecule has 0 unspecified atom stereocenters. The van der Waals surface area contributed by atoms with Gasteiger partial charge in [0.05, 0.1) is 24.3 Å². The molecule has 1 aliphatic heterocycles. The molecule has 2 aromatic carbocycles. The maximum absolute atomic E-state index is 14.7. The minimum atomic E-state index is -9.78. The highest BCUT2D eigenvalue weighted by Crippen LogP contribution is 3.02. The molecule has 2 N–H and O–H groups in total. The minimum absolute atomic E-state index is 0.163. The van der Waals surface area contributed by atoms with E-state index in [9.17, 15) is 28.6 Å². The van der Waals surface area contributed by atoms with Crippen molar-refractivity contribution >= 4 is 32.9 Å². The van der Waals surface area contributed by atoms with Gasteiger partial charge in [-0.2, -0.15) is 0 Å². The summed E-state index contributed by atoms with van der Waals surface area (Å²) in [6.07, 6.45) is 0. The molecular weight excluding hydrogens is 460 g/mol. The van der Waals surface area contributed by atoms with Gasteiger partial charge >= 0.3 is 10.2 Å². The second-order valence-corrected chi connectivity index (χ2v) is 9.98. The number of nitrogen functional groups attached to an aromatic ring is 1. The zero-order chi connectivity index (χ0) is 23.5. The zero-order valence-corrected chi connectivity index (χ0v) is 17.4. The molecule has 1 amide bonds. The number of carbonyl (C=O) groups excluding carboxylic acids is 1. The Morgan fingerprint density at radius 1 is 1.09 bits per heavy atom. The number of hydrogen-bond acceptors (Lipinski definition) is 4. The van der Waals surface area contributed by atoms with E-state index in [4.69, 9.17) is 10.5 Å². The third-order valence-electron chi connectivity index (χ3n) is 5.18. The molecule has 0 saturated carbocycles. The minimum Gasteiger partial charge on any atom is -0.383 e. The van der Waals surface area contributed by atoms with Crippen LogP contribution in [0.4, 0.5) is 29.6 Å². The number of halogens is 6. The van der Waals surface area contributed by atoms with E-state index in [1.165, 1.54) is 13.1 Å². The Hall–Kier alpha value is -2.99. The van der Waals surface area contributed by atoms with Crippen molar-refractivity contribution in [2.75, 3.05) is 12.8 Å². The lowest BCUT2D eigenvalue weighted by Crippen LogP contribution is -2.27. The molecular formula is C20H17F6N3O2S. The smallest absolute Gasteiger partial charge is 0.310 e. The highest BCUT2D eigenvalue weighted by atomic mass is 32.5. The van der Waals surface area contributed by atoms with Gasteiger partial charge in [0.25, 0.3) is 5.91 Å². The van der Waals surface area contributed by atoms with E-state index in [-0.39, 0.29) is 54.4 Å². The van der Waals surface area contributed by atoms with Gasteiger partial charge < -0.3 is 15.4 Å². The van der Waals surface area contributed by atoms with Crippen molar-refractivity contribution in [3.05, 3.63) is 64.5 Å².